The van der Waals surface area contributed by atoms with Crippen LogP contribution in [-0.4, -0.2) is 11.1 Å². The largest absolute Gasteiger partial charge is 0.478 e. The van der Waals surface area contributed by atoms with Gasteiger partial charge in [0.25, 0.3) is 0 Å². The Bertz CT molecular complexity index is 363. The minimum atomic E-state index is -0.779. The number of hydrogen-bond donors (Lipinski definition) is 1. The van der Waals surface area contributed by atoms with Gasteiger partial charge in [-0.15, -0.1) is 0 Å². The van der Waals surface area contributed by atoms with Crippen molar-refractivity contribution in [1.82, 2.24) is 0 Å². The maximum absolute atomic E-state index is 10.9. The van der Waals surface area contributed by atoms with Gasteiger partial charge < -0.3 is 5.11 Å². The fourth-order valence-electron chi connectivity index (χ4n) is 3.24. The van der Waals surface area contributed by atoms with Crippen molar-refractivity contribution in [3.63, 3.8) is 0 Å². The van der Waals surface area contributed by atoms with Crippen LogP contribution in [0.5, 0.6) is 0 Å². The van der Waals surface area contributed by atoms with E-state index in [0.29, 0.717) is 11.5 Å². The molecule has 0 saturated heterocycles. The van der Waals surface area contributed by atoms with E-state index in [-0.39, 0.29) is 0 Å². The highest BCUT2D eigenvalue weighted by Gasteiger charge is 2.31. The third-order valence-corrected chi connectivity index (χ3v) is 4.06. The number of carboxylic acids is 1. The predicted octanol–water partition coefficient (Wildman–Crippen LogP) is 3.54. The van der Waals surface area contributed by atoms with E-state index >= 15 is 0 Å². The molecule has 0 heterocycles. The second kappa shape index (κ2) is 4.44. The molecular formula is C14H20O2. The number of allylic oxidation sites excluding steroid dienone is 3. The summed E-state index contributed by atoms with van der Waals surface area (Å²) in [7, 11) is 0. The summed E-state index contributed by atoms with van der Waals surface area (Å²) in [6, 6.07) is 0. The fourth-order valence-corrected chi connectivity index (χ4v) is 3.24. The number of rotatable bonds is 2. The van der Waals surface area contributed by atoms with Crippen LogP contribution in [0.15, 0.2) is 22.8 Å². The second-order valence-corrected chi connectivity index (χ2v) is 5.16. The monoisotopic (exact) mass is 220 g/mol. The van der Waals surface area contributed by atoms with Gasteiger partial charge in [0, 0.05) is 5.57 Å². The van der Waals surface area contributed by atoms with Crippen molar-refractivity contribution in [2.24, 2.45) is 11.8 Å². The van der Waals surface area contributed by atoms with Gasteiger partial charge in [0.05, 0.1) is 0 Å². The van der Waals surface area contributed by atoms with E-state index in [9.17, 15) is 4.79 Å². The Labute approximate surface area is 97.0 Å². The highest BCUT2D eigenvalue weighted by atomic mass is 16.4. The summed E-state index contributed by atoms with van der Waals surface area (Å²) in [6.07, 6.45) is 8.17. The number of carbonyl (C=O) groups is 1. The first-order valence-corrected chi connectivity index (χ1v) is 6.21. The topological polar surface area (TPSA) is 37.3 Å². The van der Waals surface area contributed by atoms with Gasteiger partial charge in [-0.2, -0.15) is 0 Å². The van der Waals surface area contributed by atoms with E-state index in [0.717, 1.165) is 12.3 Å². The Hall–Kier alpha value is -1.05. The number of fused-ring (bicyclic) bond motifs is 1. The summed E-state index contributed by atoms with van der Waals surface area (Å²) in [4.78, 5) is 10.9. The molecule has 0 aromatic carbocycles. The van der Waals surface area contributed by atoms with E-state index in [2.05, 4.69) is 6.92 Å². The molecule has 0 bridgehead atoms. The standard InChI is InChI=1S/C14H20O2/c1-9-6-7-11-4-3-5-12(13(9)11)8-10(2)14(15)16/h8,11-12H,3-7H2,1-2H3,(H,15,16)/b10-8+/t11?,12-/m0/s1. The lowest BCUT2D eigenvalue weighted by molar-refractivity contribution is -0.132. The molecule has 1 unspecified atom stereocenters. The zero-order valence-electron chi connectivity index (χ0n) is 10.1. The molecule has 2 heteroatoms. The van der Waals surface area contributed by atoms with Crippen molar-refractivity contribution in [2.75, 3.05) is 0 Å². The van der Waals surface area contributed by atoms with Gasteiger partial charge in [-0.1, -0.05) is 23.6 Å². The zero-order chi connectivity index (χ0) is 11.7. The molecular weight excluding hydrogens is 200 g/mol. The van der Waals surface area contributed by atoms with Crippen molar-refractivity contribution in [2.45, 2.75) is 46.0 Å². The predicted molar refractivity (Wildman–Crippen MR) is 64.2 cm³/mol. The fraction of sp³-hybridized carbons (Fsp3) is 0.643. The Morgan fingerprint density at radius 3 is 2.81 bits per heavy atom. The lowest BCUT2D eigenvalue weighted by Crippen LogP contribution is -2.16. The Morgan fingerprint density at radius 1 is 1.38 bits per heavy atom. The molecule has 0 radical (unpaired) electrons. The molecule has 0 aromatic heterocycles. The van der Waals surface area contributed by atoms with Gasteiger partial charge in [-0.3, -0.25) is 0 Å². The average molecular weight is 220 g/mol. The highest BCUT2D eigenvalue weighted by Crippen LogP contribution is 2.45. The van der Waals surface area contributed by atoms with Crippen LogP contribution in [-0.2, 0) is 4.79 Å². The minimum Gasteiger partial charge on any atom is -0.478 e. The summed E-state index contributed by atoms with van der Waals surface area (Å²) in [5.74, 6) is 0.368. The summed E-state index contributed by atoms with van der Waals surface area (Å²) < 4.78 is 0. The summed E-state index contributed by atoms with van der Waals surface area (Å²) in [5.41, 5.74) is 3.58. The van der Waals surface area contributed by atoms with Gasteiger partial charge in [0.15, 0.2) is 0 Å². The Balaban J connectivity index is 2.24. The molecule has 2 atom stereocenters. The van der Waals surface area contributed by atoms with Gasteiger partial charge in [0.1, 0.15) is 0 Å². The van der Waals surface area contributed by atoms with Gasteiger partial charge in [-0.05, 0) is 51.4 Å². The molecule has 0 aliphatic heterocycles. The molecule has 1 fully saturated rings. The normalized spacial score (nSPS) is 30.5. The van der Waals surface area contributed by atoms with Crippen LogP contribution in [0, 0.1) is 11.8 Å². The maximum atomic E-state index is 10.9. The van der Waals surface area contributed by atoms with E-state index < -0.39 is 5.97 Å². The number of aliphatic carboxylic acids is 1. The molecule has 2 rings (SSSR count). The second-order valence-electron chi connectivity index (χ2n) is 5.16. The molecule has 2 aliphatic carbocycles. The molecule has 0 amide bonds. The molecule has 0 spiro atoms. The zero-order valence-corrected chi connectivity index (χ0v) is 10.1. The van der Waals surface area contributed by atoms with Crippen molar-refractivity contribution >= 4 is 5.97 Å². The van der Waals surface area contributed by atoms with Crippen LogP contribution < -0.4 is 0 Å². The van der Waals surface area contributed by atoms with Crippen molar-refractivity contribution in [3.8, 4) is 0 Å². The molecule has 16 heavy (non-hydrogen) atoms. The molecule has 88 valence electrons. The smallest absolute Gasteiger partial charge is 0.330 e. The number of hydrogen-bond acceptors (Lipinski definition) is 1. The third-order valence-electron chi connectivity index (χ3n) is 4.06. The molecule has 2 nitrogen and oxygen atoms in total. The summed E-state index contributed by atoms with van der Waals surface area (Å²) in [6.45, 7) is 3.92. The quantitative estimate of drug-likeness (QED) is 0.571. The van der Waals surface area contributed by atoms with E-state index in [1.165, 1.54) is 31.3 Å². The highest BCUT2D eigenvalue weighted by molar-refractivity contribution is 5.85. The molecule has 2 aliphatic rings. The van der Waals surface area contributed by atoms with E-state index in [1.807, 2.05) is 6.08 Å². The molecule has 1 saturated carbocycles. The summed E-state index contributed by atoms with van der Waals surface area (Å²) in [5, 5.41) is 8.93. The first kappa shape index (κ1) is 11.4. The first-order chi connectivity index (χ1) is 7.59. The third kappa shape index (κ3) is 2.06. The SMILES string of the molecule is CC1=C2C(CCC[C@H]2/C=C(\C)C(=O)O)CC1. The van der Waals surface area contributed by atoms with Crippen molar-refractivity contribution < 1.29 is 9.90 Å². The van der Waals surface area contributed by atoms with Crippen LogP contribution in [0.2, 0.25) is 0 Å². The van der Waals surface area contributed by atoms with E-state index in [1.54, 1.807) is 12.5 Å². The molecule has 1 N–H and O–H groups in total. The number of carboxylic acid groups (broad SMARTS) is 1. The van der Waals surface area contributed by atoms with Gasteiger partial charge >= 0.3 is 5.97 Å². The van der Waals surface area contributed by atoms with Crippen LogP contribution in [0.3, 0.4) is 0 Å². The van der Waals surface area contributed by atoms with Crippen LogP contribution in [0.25, 0.3) is 0 Å². The van der Waals surface area contributed by atoms with Gasteiger partial charge in [-0.25, -0.2) is 4.79 Å². The maximum Gasteiger partial charge on any atom is 0.330 e. The van der Waals surface area contributed by atoms with Crippen LogP contribution in [0.4, 0.5) is 0 Å². The van der Waals surface area contributed by atoms with Crippen molar-refractivity contribution in [3.05, 3.63) is 22.8 Å². The first-order valence-electron chi connectivity index (χ1n) is 6.21. The van der Waals surface area contributed by atoms with Crippen LogP contribution >= 0.6 is 0 Å². The minimum absolute atomic E-state index is 0.400. The van der Waals surface area contributed by atoms with E-state index in [4.69, 9.17) is 5.11 Å². The Morgan fingerprint density at radius 2 is 2.12 bits per heavy atom. The lowest BCUT2D eigenvalue weighted by atomic mass is 9.77. The lowest BCUT2D eigenvalue weighted by Gasteiger charge is -2.28. The van der Waals surface area contributed by atoms with Crippen LogP contribution in [0.1, 0.15) is 46.0 Å². The summed E-state index contributed by atoms with van der Waals surface area (Å²) >= 11 is 0. The Kier molecular flexibility index (Phi) is 3.17. The molecule has 0 aromatic rings. The van der Waals surface area contributed by atoms with Gasteiger partial charge in [0.2, 0.25) is 0 Å². The van der Waals surface area contributed by atoms with Crippen molar-refractivity contribution in [1.29, 1.82) is 0 Å². The average Bonchev–Trinajstić information content (AvgIpc) is 2.61.